The maximum Gasteiger partial charge on any atom is 0.301 e. The number of carbonyl (C=O) groups is 2. The van der Waals surface area contributed by atoms with Gasteiger partial charge in [0.1, 0.15) is 11.3 Å². The molecule has 1 unspecified atom stereocenters. The Morgan fingerprint density at radius 2 is 1.80 bits per heavy atom. The van der Waals surface area contributed by atoms with Crippen molar-refractivity contribution in [1.82, 2.24) is 19.6 Å². The van der Waals surface area contributed by atoms with Gasteiger partial charge in [-0.25, -0.2) is 4.98 Å². The number of carbonyl (C=O) groups excluding carboxylic acids is 2. The molecule has 0 radical (unpaired) electrons. The lowest BCUT2D eigenvalue weighted by molar-refractivity contribution is -0.132. The van der Waals surface area contributed by atoms with E-state index in [1.54, 1.807) is 12.1 Å². The minimum Gasteiger partial charge on any atom is -0.505 e. The van der Waals surface area contributed by atoms with Crippen LogP contribution in [0.2, 0.25) is 5.02 Å². The molecule has 1 aliphatic heterocycles. The van der Waals surface area contributed by atoms with Crippen LogP contribution in [0.15, 0.2) is 81.2 Å². The van der Waals surface area contributed by atoms with Gasteiger partial charge in [0.15, 0.2) is 10.1 Å². The molecule has 6 rings (SSSR count). The zero-order chi connectivity index (χ0) is 28.8. The average molecular weight is 667 g/mol. The highest BCUT2D eigenvalue weighted by atomic mass is 79.9. The summed E-state index contributed by atoms with van der Waals surface area (Å²) >= 11 is 12.1. The molecule has 3 aromatic heterocycles. The topological polar surface area (TPSA) is 101 Å². The van der Waals surface area contributed by atoms with E-state index in [4.69, 9.17) is 11.6 Å². The SMILES string of the molecule is Cc1cccn2c(C)c(C(O)=C3C(=O)C(=O)N(c4nnc(SCc5ccc(Cl)cc5)s4)C3c3ccc(Br)cc3)nc12. The number of nitrogens with zero attached hydrogens (tertiary/aromatic N) is 5. The number of hydrogen-bond acceptors (Lipinski definition) is 8. The van der Waals surface area contributed by atoms with Crippen molar-refractivity contribution >= 4 is 78.9 Å². The smallest absolute Gasteiger partial charge is 0.301 e. The van der Waals surface area contributed by atoms with Gasteiger partial charge in [0, 0.05) is 21.4 Å². The number of thioether (sulfide) groups is 1. The summed E-state index contributed by atoms with van der Waals surface area (Å²) in [5.41, 5.74) is 4.12. The molecule has 8 nitrogen and oxygen atoms in total. The summed E-state index contributed by atoms with van der Waals surface area (Å²) in [5, 5.41) is 21.1. The van der Waals surface area contributed by atoms with Crippen molar-refractivity contribution in [2.75, 3.05) is 4.90 Å². The summed E-state index contributed by atoms with van der Waals surface area (Å²) in [7, 11) is 0. The van der Waals surface area contributed by atoms with Gasteiger partial charge in [0.05, 0.1) is 17.3 Å². The molecule has 4 heterocycles. The number of halogens is 2. The number of aliphatic hydroxyl groups excluding tert-OH is 1. The van der Waals surface area contributed by atoms with E-state index in [-0.39, 0.29) is 22.2 Å². The van der Waals surface area contributed by atoms with Gasteiger partial charge in [-0.1, -0.05) is 81.0 Å². The molecule has 1 N–H and O–H groups in total. The Morgan fingerprint density at radius 1 is 1.07 bits per heavy atom. The second-order valence-electron chi connectivity index (χ2n) is 9.42. The molecular weight excluding hydrogens is 646 g/mol. The van der Waals surface area contributed by atoms with Crippen molar-refractivity contribution in [2.24, 2.45) is 0 Å². The fourth-order valence-electron chi connectivity index (χ4n) is 4.75. The third-order valence-electron chi connectivity index (χ3n) is 6.82. The number of anilines is 1. The average Bonchev–Trinajstić information content (AvgIpc) is 3.64. The van der Waals surface area contributed by atoms with Crippen molar-refractivity contribution in [2.45, 2.75) is 30.0 Å². The molecule has 2 aromatic carbocycles. The van der Waals surface area contributed by atoms with Crippen LogP contribution in [0.4, 0.5) is 5.13 Å². The van der Waals surface area contributed by atoms with Gasteiger partial charge in [-0.2, -0.15) is 0 Å². The number of pyridine rings is 1. The molecule has 12 heteroatoms. The number of amides is 1. The van der Waals surface area contributed by atoms with E-state index in [0.29, 0.717) is 32.0 Å². The van der Waals surface area contributed by atoms with Crippen LogP contribution in [0.5, 0.6) is 0 Å². The Labute approximate surface area is 256 Å². The fraction of sp³-hybridized carbons (Fsp3) is 0.138. The van der Waals surface area contributed by atoms with Crippen LogP contribution in [-0.2, 0) is 15.3 Å². The second kappa shape index (κ2) is 11.1. The van der Waals surface area contributed by atoms with Crippen LogP contribution in [0, 0.1) is 13.8 Å². The number of aryl methyl sites for hydroxylation is 2. The predicted octanol–water partition coefficient (Wildman–Crippen LogP) is 7.14. The fourth-order valence-corrected chi connectivity index (χ4v) is 6.96. The lowest BCUT2D eigenvalue weighted by atomic mass is 9.96. The first-order chi connectivity index (χ1) is 19.7. The Balaban J connectivity index is 1.43. The van der Waals surface area contributed by atoms with Crippen LogP contribution < -0.4 is 4.90 Å². The summed E-state index contributed by atoms with van der Waals surface area (Å²) in [6.07, 6.45) is 1.84. The van der Waals surface area contributed by atoms with Gasteiger partial charge >= 0.3 is 5.91 Å². The van der Waals surface area contributed by atoms with Crippen molar-refractivity contribution in [3.05, 3.63) is 110 Å². The Kier molecular flexibility index (Phi) is 7.45. The molecule has 1 fully saturated rings. The van der Waals surface area contributed by atoms with Gasteiger partial charge in [-0.3, -0.25) is 14.5 Å². The number of aromatic nitrogens is 4. The largest absolute Gasteiger partial charge is 0.505 e. The van der Waals surface area contributed by atoms with E-state index < -0.39 is 17.7 Å². The van der Waals surface area contributed by atoms with Crippen molar-refractivity contribution in [1.29, 1.82) is 0 Å². The van der Waals surface area contributed by atoms with Gasteiger partial charge < -0.3 is 9.51 Å². The normalized spacial score (nSPS) is 16.7. The van der Waals surface area contributed by atoms with Gasteiger partial charge in [0.2, 0.25) is 5.13 Å². The third kappa shape index (κ3) is 5.07. The maximum absolute atomic E-state index is 13.6. The molecule has 0 bridgehead atoms. The van der Waals surface area contributed by atoms with Crippen LogP contribution in [0.1, 0.15) is 34.1 Å². The molecule has 206 valence electrons. The number of rotatable bonds is 6. The minimum atomic E-state index is -0.921. The summed E-state index contributed by atoms with van der Waals surface area (Å²) in [6.45, 7) is 3.73. The molecule has 0 spiro atoms. The number of Topliss-reactive ketones (excluding diaryl/α,β-unsaturated/α-hetero) is 1. The van der Waals surface area contributed by atoms with E-state index in [1.165, 1.54) is 28.0 Å². The van der Waals surface area contributed by atoms with Crippen molar-refractivity contribution in [3.8, 4) is 0 Å². The molecule has 0 saturated carbocycles. The Morgan fingerprint density at radius 3 is 2.51 bits per heavy atom. The first-order valence-corrected chi connectivity index (χ1v) is 15.4. The molecular formula is C29H21BrClN5O3S2. The maximum atomic E-state index is 13.6. The highest BCUT2D eigenvalue weighted by molar-refractivity contribution is 9.10. The highest BCUT2D eigenvalue weighted by Gasteiger charge is 2.48. The van der Waals surface area contributed by atoms with E-state index in [2.05, 4.69) is 31.1 Å². The number of hydrogen-bond donors (Lipinski definition) is 1. The molecule has 41 heavy (non-hydrogen) atoms. The molecule has 1 saturated heterocycles. The number of aliphatic hydroxyl groups is 1. The lowest BCUT2D eigenvalue weighted by Crippen LogP contribution is -2.29. The number of benzene rings is 2. The molecule has 1 aliphatic rings. The minimum absolute atomic E-state index is 0.0490. The Hall–Kier alpha value is -3.51. The summed E-state index contributed by atoms with van der Waals surface area (Å²) in [6, 6.07) is 17.7. The van der Waals surface area contributed by atoms with Gasteiger partial charge in [0.25, 0.3) is 5.78 Å². The van der Waals surface area contributed by atoms with Crippen molar-refractivity contribution < 1.29 is 14.7 Å². The zero-order valence-corrected chi connectivity index (χ0v) is 25.7. The van der Waals surface area contributed by atoms with Gasteiger partial charge in [-0.05, 0) is 60.9 Å². The lowest BCUT2D eigenvalue weighted by Gasteiger charge is -2.22. The summed E-state index contributed by atoms with van der Waals surface area (Å²) < 4.78 is 3.32. The van der Waals surface area contributed by atoms with Gasteiger partial charge in [-0.15, -0.1) is 10.2 Å². The number of ketones is 1. The van der Waals surface area contributed by atoms with Crippen LogP contribution >= 0.6 is 50.6 Å². The molecule has 5 aromatic rings. The second-order valence-corrected chi connectivity index (χ2v) is 12.9. The van der Waals surface area contributed by atoms with E-state index in [9.17, 15) is 14.7 Å². The van der Waals surface area contributed by atoms with E-state index in [1.807, 2.05) is 73.0 Å². The number of imidazole rings is 1. The molecule has 1 atom stereocenters. The van der Waals surface area contributed by atoms with Crippen LogP contribution in [0.25, 0.3) is 11.4 Å². The summed E-state index contributed by atoms with van der Waals surface area (Å²) in [5.74, 6) is -1.30. The predicted molar refractivity (Wildman–Crippen MR) is 165 cm³/mol. The first kappa shape index (κ1) is 27.6. The van der Waals surface area contributed by atoms with Crippen LogP contribution in [-0.4, -0.2) is 36.4 Å². The monoisotopic (exact) mass is 665 g/mol. The Bertz CT molecular complexity index is 1850. The zero-order valence-electron chi connectivity index (χ0n) is 21.7. The highest BCUT2D eigenvalue weighted by Crippen LogP contribution is 2.44. The number of fused-ring (bicyclic) bond motifs is 1. The quantitative estimate of drug-likeness (QED) is 0.0676. The standard InChI is InChI=1S/C29H21BrClN5O3S2/c1-15-4-3-13-35-16(2)22(32-26(15)35)24(37)21-23(18-7-9-19(30)10-8-18)36(27(39)25(21)38)28-33-34-29(41-28)40-14-17-5-11-20(31)12-6-17/h3-13,23,37H,14H2,1-2H3. The van der Waals surface area contributed by atoms with Crippen LogP contribution in [0.3, 0.4) is 0 Å². The van der Waals surface area contributed by atoms with E-state index >= 15 is 0 Å². The molecule has 0 aliphatic carbocycles. The molecule has 1 amide bonds. The summed E-state index contributed by atoms with van der Waals surface area (Å²) in [4.78, 5) is 33.1. The first-order valence-electron chi connectivity index (χ1n) is 12.4. The van der Waals surface area contributed by atoms with Crippen molar-refractivity contribution in [3.63, 3.8) is 0 Å². The van der Waals surface area contributed by atoms with E-state index in [0.717, 1.165) is 15.6 Å². The third-order valence-corrected chi connectivity index (χ3v) is 9.72.